The van der Waals surface area contributed by atoms with Gasteiger partial charge in [0.1, 0.15) is 18.0 Å². The van der Waals surface area contributed by atoms with Crippen molar-refractivity contribution < 1.29 is 9.47 Å². The van der Waals surface area contributed by atoms with Crippen molar-refractivity contribution in [3.63, 3.8) is 0 Å². The molecule has 6 heteroatoms. The first kappa shape index (κ1) is 13.1. The maximum absolute atomic E-state index is 5.89. The lowest BCUT2D eigenvalue weighted by atomic mass is 9.95. The van der Waals surface area contributed by atoms with Gasteiger partial charge in [-0.15, -0.1) is 0 Å². The number of nitrogens with one attached hydrogen (secondary N) is 2. The van der Waals surface area contributed by atoms with Crippen LogP contribution in [0.1, 0.15) is 38.5 Å². The molecule has 0 aromatic carbocycles. The average Bonchev–Trinajstić information content (AvgIpc) is 3.28. The van der Waals surface area contributed by atoms with Crippen LogP contribution in [0.15, 0.2) is 12.4 Å². The van der Waals surface area contributed by atoms with E-state index in [4.69, 9.17) is 9.47 Å². The second-order valence-corrected chi connectivity index (χ2v) is 7.01. The van der Waals surface area contributed by atoms with Crippen molar-refractivity contribution in [3.8, 4) is 0 Å². The molecular weight excluding hydrogens is 280 g/mol. The summed E-state index contributed by atoms with van der Waals surface area (Å²) in [6, 6.07) is 2.80. The fraction of sp³-hybridized carbons (Fsp3) is 0.750. The molecule has 118 valence electrons. The second kappa shape index (κ2) is 5.06. The van der Waals surface area contributed by atoms with E-state index < -0.39 is 0 Å². The molecule has 0 saturated carbocycles. The maximum Gasteiger partial charge on any atom is 0.131 e. The topological polar surface area (TPSA) is 68.3 Å². The number of hydrogen-bond acceptors (Lipinski definition) is 6. The van der Waals surface area contributed by atoms with Crippen LogP contribution in [0.3, 0.4) is 0 Å². The summed E-state index contributed by atoms with van der Waals surface area (Å²) in [5.74, 6) is 1.78. The van der Waals surface area contributed by atoms with Crippen molar-refractivity contribution in [3.05, 3.63) is 12.4 Å². The molecule has 2 N–H and O–H groups in total. The molecule has 0 spiro atoms. The first-order valence-corrected chi connectivity index (χ1v) is 8.49. The highest BCUT2D eigenvalue weighted by Gasteiger charge is 2.42. The molecule has 6 atom stereocenters. The van der Waals surface area contributed by atoms with Gasteiger partial charge in [0.15, 0.2) is 0 Å². The number of ether oxygens (including phenoxy) is 2. The molecule has 0 radical (unpaired) electrons. The molecule has 6 unspecified atom stereocenters. The van der Waals surface area contributed by atoms with Gasteiger partial charge in [0, 0.05) is 6.07 Å². The summed E-state index contributed by atoms with van der Waals surface area (Å²) in [4.78, 5) is 8.72. The summed E-state index contributed by atoms with van der Waals surface area (Å²) in [6.45, 7) is 0. The summed E-state index contributed by atoms with van der Waals surface area (Å²) >= 11 is 0. The average molecular weight is 302 g/mol. The van der Waals surface area contributed by atoms with Gasteiger partial charge in [0.2, 0.25) is 0 Å². The molecule has 4 aliphatic heterocycles. The molecule has 4 aliphatic rings. The molecule has 0 amide bonds. The Balaban J connectivity index is 1.25. The number of rotatable bonds is 4. The van der Waals surface area contributed by atoms with Crippen LogP contribution in [-0.2, 0) is 9.47 Å². The third-order valence-corrected chi connectivity index (χ3v) is 5.55. The quantitative estimate of drug-likeness (QED) is 0.886. The van der Waals surface area contributed by atoms with Gasteiger partial charge in [0.05, 0.1) is 36.5 Å². The largest absolute Gasteiger partial charge is 0.373 e. The zero-order valence-electron chi connectivity index (χ0n) is 12.6. The summed E-state index contributed by atoms with van der Waals surface area (Å²) in [5.41, 5.74) is 0. The lowest BCUT2D eigenvalue weighted by Gasteiger charge is -2.22. The van der Waals surface area contributed by atoms with Gasteiger partial charge in [-0.05, 0) is 38.5 Å². The Morgan fingerprint density at radius 3 is 1.77 bits per heavy atom. The lowest BCUT2D eigenvalue weighted by Crippen LogP contribution is -2.32. The van der Waals surface area contributed by atoms with Crippen LogP contribution >= 0.6 is 0 Å². The van der Waals surface area contributed by atoms with E-state index in [2.05, 4.69) is 20.6 Å². The van der Waals surface area contributed by atoms with Gasteiger partial charge >= 0.3 is 0 Å². The van der Waals surface area contributed by atoms with Gasteiger partial charge in [-0.25, -0.2) is 9.97 Å². The Hall–Kier alpha value is -1.40. The lowest BCUT2D eigenvalue weighted by molar-refractivity contribution is 0.102. The van der Waals surface area contributed by atoms with Gasteiger partial charge in [-0.2, -0.15) is 0 Å². The number of anilines is 2. The molecule has 4 fully saturated rings. The normalized spacial score (nSPS) is 42.0. The van der Waals surface area contributed by atoms with Crippen LogP contribution in [0.5, 0.6) is 0 Å². The van der Waals surface area contributed by atoms with E-state index >= 15 is 0 Å². The van der Waals surface area contributed by atoms with Crippen LogP contribution in [0.25, 0.3) is 0 Å². The first-order chi connectivity index (χ1) is 10.8. The van der Waals surface area contributed by atoms with Crippen LogP contribution in [-0.4, -0.2) is 46.5 Å². The van der Waals surface area contributed by atoms with Crippen LogP contribution in [0.2, 0.25) is 0 Å². The van der Waals surface area contributed by atoms with E-state index in [0.717, 1.165) is 24.5 Å². The van der Waals surface area contributed by atoms with Crippen molar-refractivity contribution in [2.75, 3.05) is 10.6 Å². The molecule has 5 rings (SSSR count). The van der Waals surface area contributed by atoms with Gasteiger partial charge in [-0.1, -0.05) is 0 Å². The summed E-state index contributed by atoms with van der Waals surface area (Å²) in [6.07, 6.45) is 10.2. The van der Waals surface area contributed by atoms with Crippen molar-refractivity contribution in [2.45, 2.75) is 75.0 Å². The standard InChI is InChI=1S/C16H22N4O2/c1-3-13-11(5-9(1)21-13)19-15-7-16(18-8-17-15)20-12-6-10-2-4-14(12)22-10/h7-14H,1-6H2,(H2,17,18,19,20). The molecule has 1 aromatic heterocycles. The summed E-state index contributed by atoms with van der Waals surface area (Å²) < 4.78 is 11.8. The van der Waals surface area contributed by atoms with E-state index in [9.17, 15) is 0 Å². The van der Waals surface area contributed by atoms with E-state index in [-0.39, 0.29) is 0 Å². The van der Waals surface area contributed by atoms with Crippen LogP contribution in [0, 0.1) is 0 Å². The van der Waals surface area contributed by atoms with E-state index in [1.165, 1.54) is 25.7 Å². The number of hydrogen-bond donors (Lipinski definition) is 2. The number of fused-ring (bicyclic) bond motifs is 4. The number of aromatic nitrogens is 2. The summed E-state index contributed by atoms with van der Waals surface area (Å²) in [5, 5.41) is 7.05. The molecule has 1 aromatic rings. The Labute approximate surface area is 130 Å². The minimum Gasteiger partial charge on any atom is -0.373 e. The van der Waals surface area contributed by atoms with Crippen molar-refractivity contribution in [1.29, 1.82) is 0 Å². The minimum atomic E-state index is 0.357. The molecule has 5 heterocycles. The SMILES string of the molecule is c1nc(NC2CC3CCC2O3)cc(NC2CC3CCC2O3)n1. The molecule has 4 bridgehead atoms. The highest BCUT2D eigenvalue weighted by Crippen LogP contribution is 2.37. The maximum atomic E-state index is 5.89. The minimum absolute atomic E-state index is 0.357. The second-order valence-electron chi connectivity index (χ2n) is 7.01. The van der Waals surface area contributed by atoms with Crippen molar-refractivity contribution in [1.82, 2.24) is 9.97 Å². The Morgan fingerprint density at radius 1 is 0.818 bits per heavy atom. The Bertz CT molecular complexity index is 524. The first-order valence-electron chi connectivity index (χ1n) is 8.49. The molecular formula is C16H22N4O2. The fourth-order valence-corrected chi connectivity index (χ4v) is 4.47. The number of nitrogens with zero attached hydrogens (tertiary/aromatic N) is 2. The molecule has 4 saturated heterocycles. The third kappa shape index (κ3) is 2.25. The smallest absolute Gasteiger partial charge is 0.131 e. The van der Waals surface area contributed by atoms with E-state index in [1.807, 2.05) is 6.07 Å². The van der Waals surface area contributed by atoms with E-state index in [1.54, 1.807) is 6.33 Å². The van der Waals surface area contributed by atoms with Gasteiger partial charge in [-0.3, -0.25) is 0 Å². The predicted octanol–water partition coefficient (Wildman–Crippen LogP) is 1.94. The molecule has 22 heavy (non-hydrogen) atoms. The van der Waals surface area contributed by atoms with Gasteiger partial charge in [0.25, 0.3) is 0 Å². The third-order valence-electron chi connectivity index (χ3n) is 5.55. The van der Waals surface area contributed by atoms with Crippen LogP contribution in [0.4, 0.5) is 11.6 Å². The Morgan fingerprint density at radius 2 is 1.36 bits per heavy atom. The highest BCUT2D eigenvalue weighted by molar-refractivity contribution is 5.48. The Kier molecular flexibility index (Phi) is 3.01. The highest BCUT2D eigenvalue weighted by atomic mass is 16.5. The molecule has 6 nitrogen and oxygen atoms in total. The zero-order chi connectivity index (χ0) is 14.5. The monoisotopic (exact) mass is 302 g/mol. The van der Waals surface area contributed by atoms with Crippen molar-refractivity contribution >= 4 is 11.6 Å². The van der Waals surface area contributed by atoms with Crippen molar-refractivity contribution in [2.24, 2.45) is 0 Å². The fourth-order valence-electron chi connectivity index (χ4n) is 4.47. The zero-order valence-corrected chi connectivity index (χ0v) is 12.6. The van der Waals surface area contributed by atoms with E-state index in [0.29, 0.717) is 36.5 Å². The van der Waals surface area contributed by atoms with Crippen LogP contribution < -0.4 is 10.6 Å². The molecule has 0 aliphatic carbocycles. The predicted molar refractivity (Wildman–Crippen MR) is 81.9 cm³/mol. The summed E-state index contributed by atoms with van der Waals surface area (Å²) in [7, 11) is 0. The van der Waals surface area contributed by atoms with Gasteiger partial charge < -0.3 is 20.1 Å².